The quantitative estimate of drug-likeness (QED) is 0.813. The number of rotatable bonds is 4. The zero-order valence-electron chi connectivity index (χ0n) is 10.0. The van der Waals surface area contributed by atoms with Crippen LogP contribution in [0.2, 0.25) is 0 Å². The molecule has 3 N–H and O–H groups in total. The van der Waals surface area contributed by atoms with Gasteiger partial charge in [0.15, 0.2) is 0 Å². The van der Waals surface area contributed by atoms with E-state index in [1.54, 1.807) is 12.3 Å². The minimum Gasteiger partial charge on any atom is -0.323 e. The number of nitrogens with zero attached hydrogens (tertiary/aromatic N) is 1. The number of amides is 1. The Labute approximate surface area is 96.3 Å². The highest BCUT2D eigenvalue weighted by Crippen LogP contribution is 2.11. The third kappa shape index (κ3) is 3.62. The summed E-state index contributed by atoms with van der Waals surface area (Å²) in [4.78, 5) is 15.8. The summed E-state index contributed by atoms with van der Waals surface area (Å²) in [5.41, 5.74) is 7.31. The molecule has 0 aromatic carbocycles. The molecule has 0 bridgehead atoms. The molecule has 1 amide bonds. The van der Waals surface area contributed by atoms with Gasteiger partial charge in [-0.25, -0.2) is 0 Å². The van der Waals surface area contributed by atoms with Crippen LogP contribution in [0.15, 0.2) is 18.3 Å². The van der Waals surface area contributed by atoms with Crippen LogP contribution >= 0.6 is 0 Å². The van der Waals surface area contributed by atoms with E-state index in [4.69, 9.17) is 5.73 Å². The standard InChI is InChI=1S/C12H19N3O/c1-8(2)7-10(13)12(16)15-11-5-4-6-14-9(11)3/h4-6,8,10H,7,13H2,1-3H3,(H,15,16)/t10-/m0/s1. The molecule has 0 aliphatic carbocycles. The van der Waals surface area contributed by atoms with Crippen LogP contribution in [0.1, 0.15) is 26.0 Å². The molecule has 0 radical (unpaired) electrons. The van der Waals surface area contributed by atoms with Gasteiger partial charge in [0.1, 0.15) is 0 Å². The molecule has 0 spiro atoms. The van der Waals surface area contributed by atoms with E-state index in [9.17, 15) is 4.79 Å². The van der Waals surface area contributed by atoms with Gasteiger partial charge in [0.2, 0.25) is 5.91 Å². The molecule has 16 heavy (non-hydrogen) atoms. The van der Waals surface area contributed by atoms with E-state index in [1.807, 2.05) is 26.8 Å². The Morgan fingerprint density at radius 3 is 2.81 bits per heavy atom. The summed E-state index contributed by atoms with van der Waals surface area (Å²) in [6, 6.07) is 3.15. The molecule has 0 unspecified atom stereocenters. The van der Waals surface area contributed by atoms with Crippen LogP contribution < -0.4 is 11.1 Å². The first kappa shape index (κ1) is 12.6. The van der Waals surface area contributed by atoms with Crippen LogP contribution in [0.3, 0.4) is 0 Å². The zero-order valence-corrected chi connectivity index (χ0v) is 10.0. The number of pyridine rings is 1. The molecular formula is C12H19N3O. The minimum absolute atomic E-state index is 0.148. The van der Waals surface area contributed by atoms with Crippen molar-refractivity contribution in [1.82, 2.24) is 4.98 Å². The summed E-state index contributed by atoms with van der Waals surface area (Å²) in [5.74, 6) is 0.264. The highest BCUT2D eigenvalue weighted by Gasteiger charge is 2.15. The van der Waals surface area contributed by atoms with E-state index in [0.717, 1.165) is 11.4 Å². The maximum Gasteiger partial charge on any atom is 0.241 e. The highest BCUT2D eigenvalue weighted by molar-refractivity contribution is 5.95. The van der Waals surface area contributed by atoms with Gasteiger partial charge >= 0.3 is 0 Å². The lowest BCUT2D eigenvalue weighted by atomic mass is 10.0. The minimum atomic E-state index is -0.459. The molecule has 1 atom stereocenters. The number of aromatic nitrogens is 1. The molecule has 1 heterocycles. The van der Waals surface area contributed by atoms with Crippen LogP contribution in [0.4, 0.5) is 5.69 Å². The number of hydrogen-bond acceptors (Lipinski definition) is 3. The van der Waals surface area contributed by atoms with Crippen LogP contribution in [-0.2, 0) is 4.79 Å². The summed E-state index contributed by atoms with van der Waals surface area (Å²) in [7, 11) is 0. The number of aryl methyl sites for hydroxylation is 1. The van der Waals surface area contributed by atoms with E-state index in [0.29, 0.717) is 12.3 Å². The lowest BCUT2D eigenvalue weighted by Crippen LogP contribution is -2.36. The lowest BCUT2D eigenvalue weighted by molar-refractivity contribution is -0.117. The van der Waals surface area contributed by atoms with Gasteiger partial charge in [-0.1, -0.05) is 13.8 Å². The molecule has 88 valence electrons. The Bertz CT molecular complexity index is 363. The maximum atomic E-state index is 11.7. The molecule has 0 saturated carbocycles. The number of anilines is 1. The summed E-state index contributed by atoms with van der Waals surface area (Å²) in [6.45, 7) is 5.94. The van der Waals surface area contributed by atoms with Crippen LogP contribution in [0.5, 0.6) is 0 Å². The lowest BCUT2D eigenvalue weighted by Gasteiger charge is -2.14. The number of hydrogen-bond donors (Lipinski definition) is 2. The van der Waals surface area contributed by atoms with Gasteiger partial charge in [-0.15, -0.1) is 0 Å². The van der Waals surface area contributed by atoms with Crippen LogP contribution in [0.25, 0.3) is 0 Å². The third-order valence-electron chi connectivity index (χ3n) is 2.33. The van der Waals surface area contributed by atoms with Crippen LogP contribution in [0, 0.1) is 12.8 Å². The Kier molecular flexibility index (Phi) is 4.43. The molecule has 0 aliphatic rings. The molecule has 0 aliphatic heterocycles. The van der Waals surface area contributed by atoms with Crippen molar-refractivity contribution in [2.24, 2.45) is 11.7 Å². The van der Waals surface area contributed by atoms with Gasteiger partial charge in [-0.3, -0.25) is 9.78 Å². The molecule has 0 saturated heterocycles. The third-order valence-corrected chi connectivity index (χ3v) is 2.33. The predicted molar refractivity (Wildman–Crippen MR) is 65.0 cm³/mol. The second-order valence-corrected chi connectivity index (χ2v) is 4.36. The number of nitrogens with one attached hydrogen (secondary N) is 1. The first-order valence-electron chi connectivity index (χ1n) is 5.48. The van der Waals surface area contributed by atoms with Crippen molar-refractivity contribution in [3.05, 3.63) is 24.0 Å². The predicted octanol–water partition coefficient (Wildman–Crippen LogP) is 1.70. The summed E-state index contributed by atoms with van der Waals surface area (Å²) in [6.07, 6.45) is 2.38. The molecule has 1 aromatic heterocycles. The van der Waals surface area contributed by atoms with E-state index < -0.39 is 6.04 Å². The Morgan fingerprint density at radius 2 is 2.25 bits per heavy atom. The summed E-state index contributed by atoms with van der Waals surface area (Å²) >= 11 is 0. The van der Waals surface area contributed by atoms with E-state index in [2.05, 4.69) is 10.3 Å². The molecule has 4 nitrogen and oxygen atoms in total. The average Bonchev–Trinajstić information content (AvgIpc) is 2.20. The van der Waals surface area contributed by atoms with Gasteiger partial charge in [0, 0.05) is 6.20 Å². The van der Waals surface area contributed by atoms with E-state index in [-0.39, 0.29) is 5.91 Å². The Hall–Kier alpha value is -1.42. The van der Waals surface area contributed by atoms with Crippen molar-refractivity contribution in [2.45, 2.75) is 33.2 Å². The zero-order chi connectivity index (χ0) is 12.1. The van der Waals surface area contributed by atoms with Crippen molar-refractivity contribution in [3.8, 4) is 0 Å². The largest absolute Gasteiger partial charge is 0.323 e. The first-order valence-corrected chi connectivity index (χ1v) is 5.48. The van der Waals surface area contributed by atoms with Gasteiger partial charge in [-0.2, -0.15) is 0 Å². The highest BCUT2D eigenvalue weighted by atomic mass is 16.2. The second kappa shape index (κ2) is 5.61. The van der Waals surface area contributed by atoms with Crippen molar-refractivity contribution >= 4 is 11.6 Å². The SMILES string of the molecule is Cc1ncccc1NC(=O)[C@@H](N)CC(C)C. The fourth-order valence-corrected chi connectivity index (χ4v) is 1.46. The average molecular weight is 221 g/mol. The van der Waals surface area contributed by atoms with Crippen LogP contribution in [-0.4, -0.2) is 16.9 Å². The van der Waals surface area contributed by atoms with Crippen molar-refractivity contribution in [3.63, 3.8) is 0 Å². The fraction of sp³-hybridized carbons (Fsp3) is 0.500. The molecule has 4 heteroatoms. The first-order chi connectivity index (χ1) is 7.50. The van der Waals surface area contributed by atoms with Crippen molar-refractivity contribution in [1.29, 1.82) is 0 Å². The number of carbonyl (C=O) groups is 1. The second-order valence-electron chi connectivity index (χ2n) is 4.36. The molecule has 1 aromatic rings. The summed E-state index contributed by atoms with van der Waals surface area (Å²) < 4.78 is 0. The molecule has 0 fully saturated rings. The van der Waals surface area contributed by atoms with Gasteiger partial charge < -0.3 is 11.1 Å². The molecular weight excluding hydrogens is 202 g/mol. The van der Waals surface area contributed by atoms with Crippen molar-refractivity contribution < 1.29 is 4.79 Å². The number of carbonyl (C=O) groups excluding carboxylic acids is 1. The Morgan fingerprint density at radius 1 is 1.56 bits per heavy atom. The van der Waals surface area contributed by atoms with Gasteiger partial charge in [0.05, 0.1) is 17.4 Å². The van der Waals surface area contributed by atoms with Gasteiger partial charge in [0.25, 0.3) is 0 Å². The smallest absolute Gasteiger partial charge is 0.241 e. The topological polar surface area (TPSA) is 68.0 Å². The maximum absolute atomic E-state index is 11.7. The summed E-state index contributed by atoms with van der Waals surface area (Å²) in [5, 5.41) is 2.79. The number of nitrogens with two attached hydrogens (primary N) is 1. The Balaban J connectivity index is 2.61. The van der Waals surface area contributed by atoms with E-state index >= 15 is 0 Å². The van der Waals surface area contributed by atoms with Crippen molar-refractivity contribution in [2.75, 3.05) is 5.32 Å². The molecule has 1 rings (SSSR count). The van der Waals surface area contributed by atoms with E-state index in [1.165, 1.54) is 0 Å². The fourth-order valence-electron chi connectivity index (χ4n) is 1.46. The monoisotopic (exact) mass is 221 g/mol. The van der Waals surface area contributed by atoms with Gasteiger partial charge in [-0.05, 0) is 31.4 Å². The normalized spacial score (nSPS) is 12.6.